The number of carbonyl (C=O) groups is 2. The molecule has 1 fully saturated rings. The van der Waals surface area contributed by atoms with E-state index in [1.54, 1.807) is 13.2 Å². The molecular weight excluding hydrogens is 430 g/mol. The highest BCUT2D eigenvalue weighted by Crippen LogP contribution is 2.43. The van der Waals surface area contributed by atoms with E-state index in [4.69, 9.17) is 9.47 Å². The van der Waals surface area contributed by atoms with Crippen molar-refractivity contribution in [3.8, 4) is 5.75 Å². The van der Waals surface area contributed by atoms with E-state index in [-0.39, 0.29) is 17.4 Å². The maximum atomic E-state index is 13.3. The lowest BCUT2D eigenvalue weighted by Gasteiger charge is -2.27. The molecule has 6 heteroatoms. The van der Waals surface area contributed by atoms with Crippen LogP contribution in [0.15, 0.2) is 72.3 Å². The lowest BCUT2D eigenvalue weighted by molar-refractivity contribution is -0.140. The second-order valence-electron chi connectivity index (χ2n) is 8.57. The van der Waals surface area contributed by atoms with Gasteiger partial charge in [-0.1, -0.05) is 60.7 Å². The SMILES string of the molecule is COCCCN1C(=O)C(=O)/C(=C(/O)c2cccc3ccccc23)C1c1ccccc1OC(C)C. The van der Waals surface area contributed by atoms with Gasteiger partial charge in [0.25, 0.3) is 11.7 Å². The Kier molecular flexibility index (Phi) is 6.98. The van der Waals surface area contributed by atoms with Gasteiger partial charge in [0.05, 0.1) is 17.7 Å². The van der Waals surface area contributed by atoms with Crippen LogP contribution in [0.4, 0.5) is 0 Å². The Morgan fingerprint density at radius 2 is 1.71 bits per heavy atom. The molecule has 176 valence electrons. The van der Waals surface area contributed by atoms with Crippen molar-refractivity contribution in [1.82, 2.24) is 4.90 Å². The van der Waals surface area contributed by atoms with Crippen molar-refractivity contribution in [2.24, 2.45) is 0 Å². The first-order valence-corrected chi connectivity index (χ1v) is 11.4. The number of ether oxygens (including phenoxy) is 2. The summed E-state index contributed by atoms with van der Waals surface area (Å²) < 4.78 is 11.2. The largest absolute Gasteiger partial charge is 0.507 e. The predicted octanol–water partition coefficient (Wildman–Crippen LogP) is 5.09. The molecule has 0 spiro atoms. The molecule has 6 nitrogen and oxygen atoms in total. The first kappa shape index (κ1) is 23.5. The maximum Gasteiger partial charge on any atom is 0.295 e. The summed E-state index contributed by atoms with van der Waals surface area (Å²) in [6.07, 6.45) is 0.455. The molecule has 0 aromatic heterocycles. The van der Waals surface area contributed by atoms with Gasteiger partial charge in [0.2, 0.25) is 0 Å². The fraction of sp³-hybridized carbons (Fsp3) is 0.286. The third kappa shape index (κ3) is 4.41. The van der Waals surface area contributed by atoms with Crippen LogP contribution < -0.4 is 4.74 Å². The first-order chi connectivity index (χ1) is 16.4. The van der Waals surface area contributed by atoms with Crippen molar-refractivity contribution < 1.29 is 24.2 Å². The minimum Gasteiger partial charge on any atom is -0.507 e. The van der Waals surface area contributed by atoms with Crippen LogP contribution in [0.1, 0.15) is 37.4 Å². The van der Waals surface area contributed by atoms with E-state index in [2.05, 4.69) is 0 Å². The van der Waals surface area contributed by atoms with Gasteiger partial charge in [-0.2, -0.15) is 0 Å². The molecule has 4 rings (SSSR count). The number of rotatable bonds is 8. The summed E-state index contributed by atoms with van der Waals surface area (Å²) in [5, 5.41) is 13.3. The Morgan fingerprint density at radius 3 is 2.47 bits per heavy atom. The predicted molar refractivity (Wildman–Crippen MR) is 132 cm³/mol. The zero-order chi connectivity index (χ0) is 24.2. The van der Waals surface area contributed by atoms with E-state index in [1.807, 2.05) is 74.5 Å². The molecule has 1 aliphatic heterocycles. The number of aliphatic hydroxyl groups is 1. The molecule has 3 aromatic carbocycles. The highest BCUT2D eigenvalue weighted by Gasteiger charge is 2.47. The molecule has 0 bridgehead atoms. The summed E-state index contributed by atoms with van der Waals surface area (Å²) in [6.45, 7) is 4.60. The standard InChI is InChI=1S/C28H29NO5/c1-18(2)34-23-15-7-6-13-22(23)25-24(27(31)28(32)29(25)16-9-17-33-3)26(30)21-14-8-11-19-10-4-5-12-20(19)21/h4-8,10-15,18,25,30H,9,16-17H2,1-3H3/b26-24+. The molecule has 1 N–H and O–H groups in total. The van der Waals surface area contributed by atoms with Crippen LogP contribution in [-0.2, 0) is 14.3 Å². The van der Waals surface area contributed by atoms with Crippen molar-refractivity contribution in [1.29, 1.82) is 0 Å². The molecule has 1 aliphatic rings. The zero-order valence-corrected chi connectivity index (χ0v) is 19.7. The number of ketones is 1. The van der Waals surface area contributed by atoms with Gasteiger partial charge in [0, 0.05) is 31.4 Å². The Labute approximate surface area is 199 Å². The van der Waals surface area contributed by atoms with Gasteiger partial charge >= 0.3 is 0 Å². The number of Topliss-reactive ketones (excluding diaryl/α,β-unsaturated/α-hetero) is 1. The van der Waals surface area contributed by atoms with Crippen LogP contribution in [0.2, 0.25) is 0 Å². The summed E-state index contributed by atoms with van der Waals surface area (Å²) in [4.78, 5) is 28.0. The number of fused-ring (bicyclic) bond motifs is 1. The minimum atomic E-state index is -0.772. The van der Waals surface area contributed by atoms with E-state index in [1.165, 1.54) is 4.90 Å². The average molecular weight is 460 g/mol. The van der Waals surface area contributed by atoms with Gasteiger partial charge in [0.1, 0.15) is 11.5 Å². The molecule has 3 aromatic rings. The number of nitrogens with zero attached hydrogens (tertiary/aromatic N) is 1. The van der Waals surface area contributed by atoms with Gasteiger partial charge in [-0.15, -0.1) is 0 Å². The molecule has 1 amide bonds. The number of hydrogen-bond acceptors (Lipinski definition) is 5. The molecular formula is C28H29NO5. The molecule has 0 radical (unpaired) electrons. The second-order valence-corrected chi connectivity index (χ2v) is 8.57. The van der Waals surface area contributed by atoms with Crippen LogP contribution in [0.3, 0.4) is 0 Å². The monoisotopic (exact) mass is 459 g/mol. The summed E-state index contributed by atoms with van der Waals surface area (Å²) in [5.74, 6) is -0.951. The number of amides is 1. The summed E-state index contributed by atoms with van der Waals surface area (Å²) in [5.41, 5.74) is 1.24. The van der Waals surface area contributed by atoms with Gasteiger partial charge in [-0.3, -0.25) is 9.59 Å². The number of para-hydroxylation sites is 1. The molecule has 0 aliphatic carbocycles. The van der Waals surface area contributed by atoms with E-state index in [9.17, 15) is 14.7 Å². The molecule has 1 heterocycles. The lowest BCUT2D eigenvalue weighted by atomic mass is 9.93. The maximum absolute atomic E-state index is 13.3. The smallest absolute Gasteiger partial charge is 0.295 e. The van der Waals surface area contributed by atoms with Crippen molar-refractivity contribution in [2.45, 2.75) is 32.4 Å². The van der Waals surface area contributed by atoms with Crippen molar-refractivity contribution in [3.63, 3.8) is 0 Å². The van der Waals surface area contributed by atoms with Crippen LogP contribution in [-0.4, -0.2) is 48.1 Å². The highest BCUT2D eigenvalue weighted by molar-refractivity contribution is 6.46. The van der Waals surface area contributed by atoms with Crippen molar-refractivity contribution in [2.75, 3.05) is 20.3 Å². The molecule has 1 saturated heterocycles. The van der Waals surface area contributed by atoms with E-state index in [0.717, 1.165) is 10.8 Å². The fourth-order valence-electron chi connectivity index (χ4n) is 4.46. The van der Waals surface area contributed by atoms with Crippen LogP contribution in [0.5, 0.6) is 5.75 Å². The van der Waals surface area contributed by atoms with Crippen LogP contribution in [0, 0.1) is 0 Å². The Balaban J connectivity index is 1.93. The van der Waals surface area contributed by atoms with Crippen LogP contribution in [0.25, 0.3) is 16.5 Å². The Bertz CT molecular complexity index is 1240. The normalized spacial score (nSPS) is 17.6. The molecule has 1 atom stereocenters. The number of methoxy groups -OCH3 is 1. The fourth-order valence-corrected chi connectivity index (χ4v) is 4.46. The van der Waals surface area contributed by atoms with Crippen LogP contribution >= 0.6 is 0 Å². The molecule has 34 heavy (non-hydrogen) atoms. The van der Waals surface area contributed by atoms with Gasteiger partial charge in [-0.25, -0.2) is 0 Å². The van der Waals surface area contributed by atoms with E-state index >= 15 is 0 Å². The van der Waals surface area contributed by atoms with Gasteiger partial charge < -0.3 is 19.5 Å². The number of hydrogen-bond donors (Lipinski definition) is 1. The average Bonchev–Trinajstić information content (AvgIpc) is 3.08. The Hall–Kier alpha value is -3.64. The molecule has 1 unspecified atom stereocenters. The third-order valence-electron chi connectivity index (χ3n) is 5.91. The second kappa shape index (κ2) is 10.1. The van der Waals surface area contributed by atoms with Gasteiger partial charge in [0.15, 0.2) is 0 Å². The zero-order valence-electron chi connectivity index (χ0n) is 19.7. The lowest BCUT2D eigenvalue weighted by Crippen LogP contribution is -2.31. The van der Waals surface area contributed by atoms with Crippen molar-refractivity contribution in [3.05, 3.63) is 83.4 Å². The number of benzene rings is 3. The summed E-state index contributed by atoms with van der Waals surface area (Å²) in [6, 6.07) is 19.8. The third-order valence-corrected chi connectivity index (χ3v) is 5.91. The number of likely N-dealkylation sites (tertiary alicyclic amines) is 1. The molecule has 0 saturated carbocycles. The number of carbonyl (C=O) groups excluding carboxylic acids is 2. The summed E-state index contributed by atoms with van der Waals surface area (Å²) in [7, 11) is 1.60. The van der Waals surface area contributed by atoms with E-state index < -0.39 is 17.7 Å². The highest BCUT2D eigenvalue weighted by atomic mass is 16.5. The first-order valence-electron chi connectivity index (χ1n) is 11.4. The minimum absolute atomic E-state index is 0.0681. The van der Waals surface area contributed by atoms with Crippen molar-refractivity contribution >= 4 is 28.2 Å². The van der Waals surface area contributed by atoms with Gasteiger partial charge in [-0.05, 0) is 37.1 Å². The Morgan fingerprint density at radius 1 is 1.00 bits per heavy atom. The number of aliphatic hydroxyl groups excluding tert-OH is 1. The topological polar surface area (TPSA) is 76.1 Å². The van der Waals surface area contributed by atoms with E-state index in [0.29, 0.717) is 36.4 Å². The quantitative estimate of drug-likeness (QED) is 0.220. The summed E-state index contributed by atoms with van der Waals surface area (Å²) >= 11 is 0.